The Morgan fingerprint density at radius 2 is 2.00 bits per heavy atom. The second-order valence-electron chi connectivity index (χ2n) is 6.79. The molecule has 2 N–H and O–H groups in total. The van der Waals surface area contributed by atoms with Crippen molar-refractivity contribution < 1.29 is 27.6 Å². The summed E-state index contributed by atoms with van der Waals surface area (Å²) in [7, 11) is 0. The number of amides is 1. The van der Waals surface area contributed by atoms with Crippen LogP contribution in [-0.2, 0) is 17.4 Å². The van der Waals surface area contributed by atoms with Crippen LogP contribution in [0.4, 0.5) is 13.2 Å². The number of hydrogen-bond acceptors (Lipinski definition) is 5. The van der Waals surface area contributed by atoms with Gasteiger partial charge in [0.05, 0.1) is 12.2 Å². The molecule has 1 atom stereocenters. The van der Waals surface area contributed by atoms with Crippen molar-refractivity contribution in [2.45, 2.75) is 18.6 Å². The maximum absolute atomic E-state index is 12.9. The topological polar surface area (TPSA) is 88.2 Å². The molecule has 154 valence electrons. The molecule has 6 nitrogen and oxygen atoms in total. The third-order valence-corrected chi connectivity index (χ3v) is 4.73. The van der Waals surface area contributed by atoms with Crippen LogP contribution in [0, 0.1) is 0 Å². The molecule has 0 saturated heterocycles. The van der Waals surface area contributed by atoms with Crippen LogP contribution in [0.25, 0.3) is 17.5 Å². The maximum Gasteiger partial charge on any atom is 0.416 e. The van der Waals surface area contributed by atoms with Gasteiger partial charge in [0.1, 0.15) is 6.04 Å². The van der Waals surface area contributed by atoms with Gasteiger partial charge in [0.25, 0.3) is 5.89 Å². The highest BCUT2D eigenvalue weighted by Gasteiger charge is 2.31. The van der Waals surface area contributed by atoms with Crippen LogP contribution in [-0.4, -0.2) is 27.8 Å². The number of nitrogens with zero attached hydrogens (tertiary/aromatic N) is 2. The quantitative estimate of drug-likeness (QED) is 0.666. The number of carbonyl (C=O) groups is 1. The number of carbonyl (C=O) groups excluding carboxylic acids is 1. The number of nitrogens with one attached hydrogen (secondary N) is 1. The van der Waals surface area contributed by atoms with Crippen molar-refractivity contribution in [2.24, 2.45) is 0 Å². The van der Waals surface area contributed by atoms with E-state index in [0.29, 0.717) is 12.0 Å². The number of alkyl halides is 3. The lowest BCUT2D eigenvalue weighted by molar-refractivity contribution is -0.137. The van der Waals surface area contributed by atoms with Gasteiger partial charge in [0.2, 0.25) is 11.7 Å². The minimum atomic E-state index is -4.50. The summed E-state index contributed by atoms with van der Waals surface area (Å²) in [5.74, 6) is -0.574. The molecule has 0 radical (unpaired) electrons. The van der Waals surface area contributed by atoms with Gasteiger partial charge in [-0.2, -0.15) is 18.2 Å². The average molecular weight is 415 g/mol. The number of aliphatic hydroxyl groups excluding tert-OH is 1. The van der Waals surface area contributed by atoms with Crippen LogP contribution in [0.5, 0.6) is 0 Å². The molecule has 4 rings (SSSR count). The van der Waals surface area contributed by atoms with Crippen molar-refractivity contribution in [2.75, 3.05) is 6.61 Å². The lowest BCUT2D eigenvalue weighted by Crippen LogP contribution is -2.32. The summed E-state index contributed by atoms with van der Waals surface area (Å²) in [6.45, 7) is -0.518. The van der Waals surface area contributed by atoms with Gasteiger partial charge < -0.3 is 14.9 Å². The van der Waals surface area contributed by atoms with E-state index in [1.165, 1.54) is 12.1 Å². The van der Waals surface area contributed by atoms with E-state index in [4.69, 9.17) is 4.52 Å². The van der Waals surface area contributed by atoms with Crippen molar-refractivity contribution in [1.82, 2.24) is 15.5 Å². The smallest absolute Gasteiger partial charge is 0.394 e. The van der Waals surface area contributed by atoms with Crippen LogP contribution in [0.3, 0.4) is 0 Å². The molecule has 1 aromatic heterocycles. The van der Waals surface area contributed by atoms with E-state index < -0.39 is 30.3 Å². The van der Waals surface area contributed by atoms with Gasteiger partial charge >= 0.3 is 6.18 Å². The second kappa shape index (κ2) is 7.75. The minimum absolute atomic E-state index is 0.0729. The Kier molecular flexibility index (Phi) is 5.13. The monoisotopic (exact) mass is 415 g/mol. The van der Waals surface area contributed by atoms with Crippen molar-refractivity contribution in [3.05, 3.63) is 76.7 Å². The van der Waals surface area contributed by atoms with Gasteiger partial charge in [-0.3, -0.25) is 4.79 Å². The SMILES string of the molecule is O=C(N[C@@H](CO)c1nc(-c2cccc(C(F)(F)F)c2)no1)C1=Cc2ccccc2C1. The predicted molar refractivity (Wildman–Crippen MR) is 101 cm³/mol. The Labute approximate surface area is 169 Å². The van der Waals surface area contributed by atoms with Crippen LogP contribution in [0.15, 0.2) is 58.6 Å². The largest absolute Gasteiger partial charge is 0.416 e. The molecule has 0 fully saturated rings. The highest BCUT2D eigenvalue weighted by atomic mass is 19.4. The molecule has 0 spiro atoms. The minimum Gasteiger partial charge on any atom is -0.394 e. The Morgan fingerprint density at radius 1 is 1.20 bits per heavy atom. The standard InChI is InChI=1S/C21H16F3N3O3/c22-21(23,24)16-7-3-6-14(10-16)18-26-20(30-27-18)17(11-28)25-19(29)15-8-12-4-1-2-5-13(12)9-15/h1-8,10,17,28H,9,11H2,(H,25,29)/t17-/m0/s1. The third-order valence-electron chi connectivity index (χ3n) is 4.73. The second-order valence-corrected chi connectivity index (χ2v) is 6.79. The summed E-state index contributed by atoms with van der Waals surface area (Å²) in [6, 6.07) is 11.1. The molecule has 1 amide bonds. The molecule has 9 heteroatoms. The first-order valence-electron chi connectivity index (χ1n) is 9.06. The van der Waals surface area contributed by atoms with E-state index in [2.05, 4.69) is 15.5 Å². The molecule has 0 aliphatic heterocycles. The highest BCUT2D eigenvalue weighted by Crippen LogP contribution is 2.32. The summed E-state index contributed by atoms with van der Waals surface area (Å²) in [5, 5.41) is 16.0. The molecule has 1 aliphatic carbocycles. The molecular formula is C21H16F3N3O3. The first-order chi connectivity index (χ1) is 14.3. The number of rotatable bonds is 5. The predicted octanol–water partition coefficient (Wildman–Crippen LogP) is 3.54. The Morgan fingerprint density at radius 3 is 2.73 bits per heavy atom. The van der Waals surface area contributed by atoms with E-state index >= 15 is 0 Å². The molecule has 0 unspecified atom stereocenters. The number of aliphatic hydroxyl groups is 1. The van der Waals surface area contributed by atoms with Gasteiger partial charge in [0, 0.05) is 17.6 Å². The first kappa shape index (κ1) is 19.8. The van der Waals surface area contributed by atoms with Gasteiger partial charge in [-0.25, -0.2) is 0 Å². The van der Waals surface area contributed by atoms with E-state index in [1.807, 2.05) is 24.3 Å². The van der Waals surface area contributed by atoms with Crippen LogP contribution < -0.4 is 5.32 Å². The fourth-order valence-corrected chi connectivity index (χ4v) is 3.19. The molecule has 1 aliphatic rings. The molecule has 1 heterocycles. The van der Waals surface area contributed by atoms with Crippen LogP contribution >= 0.6 is 0 Å². The molecule has 0 saturated carbocycles. The lowest BCUT2D eigenvalue weighted by atomic mass is 10.1. The zero-order chi connectivity index (χ0) is 21.3. The van der Waals surface area contributed by atoms with E-state index in [0.717, 1.165) is 23.3 Å². The number of hydrogen-bond donors (Lipinski definition) is 2. The normalized spacial score (nSPS) is 14.2. The molecule has 30 heavy (non-hydrogen) atoms. The molecular weight excluding hydrogens is 399 g/mol. The Hall–Kier alpha value is -3.46. The zero-order valence-electron chi connectivity index (χ0n) is 15.5. The number of aromatic nitrogens is 2. The average Bonchev–Trinajstić information content (AvgIpc) is 3.38. The Balaban J connectivity index is 1.50. The third kappa shape index (κ3) is 3.97. The van der Waals surface area contributed by atoms with Crippen molar-refractivity contribution in [1.29, 1.82) is 0 Å². The molecule has 3 aromatic rings. The van der Waals surface area contributed by atoms with Crippen molar-refractivity contribution in [3.8, 4) is 11.4 Å². The van der Waals surface area contributed by atoms with E-state index in [1.54, 1.807) is 6.08 Å². The summed E-state index contributed by atoms with van der Waals surface area (Å²) >= 11 is 0. The van der Waals surface area contributed by atoms with Crippen LogP contribution in [0.1, 0.15) is 28.6 Å². The van der Waals surface area contributed by atoms with Crippen molar-refractivity contribution >= 4 is 12.0 Å². The number of fused-ring (bicyclic) bond motifs is 1. The maximum atomic E-state index is 12.9. The van der Waals surface area contributed by atoms with Gasteiger partial charge in [-0.15, -0.1) is 0 Å². The van der Waals surface area contributed by atoms with Gasteiger partial charge in [-0.1, -0.05) is 41.6 Å². The van der Waals surface area contributed by atoms with Crippen LogP contribution in [0.2, 0.25) is 0 Å². The van der Waals surface area contributed by atoms with Crippen molar-refractivity contribution in [3.63, 3.8) is 0 Å². The first-order valence-corrected chi connectivity index (χ1v) is 9.06. The summed E-state index contributed by atoms with van der Waals surface area (Å²) in [6.07, 6.45) is -2.28. The molecule has 2 aromatic carbocycles. The summed E-state index contributed by atoms with van der Waals surface area (Å²) in [5.41, 5.74) is 1.76. The fourth-order valence-electron chi connectivity index (χ4n) is 3.19. The van der Waals surface area contributed by atoms with Gasteiger partial charge in [0.15, 0.2) is 0 Å². The van der Waals surface area contributed by atoms with E-state index in [9.17, 15) is 23.1 Å². The summed E-state index contributed by atoms with van der Waals surface area (Å²) < 4.78 is 43.8. The summed E-state index contributed by atoms with van der Waals surface area (Å²) in [4.78, 5) is 16.6. The zero-order valence-corrected chi connectivity index (χ0v) is 15.5. The fraction of sp³-hybridized carbons (Fsp3) is 0.190. The highest BCUT2D eigenvalue weighted by molar-refractivity contribution is 6.00. The lowest BCUT2D eigenvalue weighted by Gasteiger charge is -2.12. The number of benzene rings is 2. The number of halogens is 3. The van der Waals surface area contributed by atoms with E-state index in [-0.39, 0.29) is 17.3 Å². The molecule has 0 bridgehead atoms. The van der Waals surface area contributed by atoms with Gasteiger partial charge in [-0.05, 0) is 29.3 Å². The Bertz CT molecular complexity index is 1120.